The van der Waals surface area contributed by atoms with Gasteiger partial charge in [0.1, 0.15) is 0 Å². The van der Waals surface area contributed by atoms with Gasteiger partial charge in [-0.25, -0.2) is 0 Å². The number of nitrogens with zero attached hydrogens (tertiary/aromatic N) is 1. The normalized spacial score (nSPS) is 12.1. The van der Waals surface area contributed by atoms with Gasteiger partial charge >= 0.3 is 10.2 Å². The number of rotatable bonds is 9. The first-order valence-corrected chi connectivity index (χ1v) is 9.63. The maximum atomic E-state index is 12.2. The van der Waals surface area contributed by atoms with E-state index in [1.165, 1.54) is 4.31 Å². The van der Waals surface area contributed by atoms with E-state index in [9.17, 15) is 8.42 Å². The summed E-state index contributed by atoms with van der Waals surface area (Å²) in [6.07, 6.45) is 2.76. The van der Waals surface area contributed by atoms with Crippen LogP contribution in [0.15, 0.2) is 29.2 Å². The molecule has 5 nitrogen and oxygen atoms in total. The Hall–Kier alpha value is -0.760. The van der Waals surface area contributed by atoms with E-state index in [1.807, 2.05) is 18.4 Å². The van der Waals surface area contributed by atoms with Crippen LogP contribution in [0.4, 0.5) is 5.69 Å². The zero-order valence-electron chi connectivity index (χ0n) is 13.1. The van der Waals surface area contributed by atoms with Crippen molar-refractivity contribution < 1.29 is 8.42 Å². The number of benzene rings is 1. The molecule has 0 unspecified atom stereocenters. The van der Waals surface area contributed by atoms with Crippen LogP contribution in [0, 0.1) is 0 Å². The minimum Gasteiger partial charge on any atom is -0.314 e. The molecule has 0 atom stereocenters. The fourth-order valence-corrected chi connectivity index (χ4v) is 3.07. The minimum absolute atomic E-state index is 0.417. The van der Waals surface area contributed by atoms with E-state index in [4.69, 9.17) is 0 Å². The van der Waals surface area contributed by atoms with Gasteiger partial charge in [0.05, 0.1) is 0 Å². The molecule has 0 amide bonds. The van der Waals surface area contributed by atoms with E-state index >= 15 is 0 Å². The molecule has 21 heavy (non-hydrogen) atoms. The molecule has 0 radical (unpaired) electrons. The Kier molecular flexibility index (Phi) is 7.51. The highest BCUT2D eigenvalue weighted by atomic mass is 32.2. The summed E-state index contributed by atoms with van der Waals surface area (Å²) in [7, 11) is -1.89. The summed E-state index contributed by atoms with van der Waals surface area (Å²) in [6, 6.07) is 7.76. The van der Waals surface area contributed by atoms with E-state index < -0.39 is 10.2 Å². The smallest absolute Gasteiger partial charge is 0.301 e. The van der Waals surface area contributed by atoms with Crippen molar-refractivity contribution in [1.82, 2.24) is 9.62 Å². The molecule has 2 N–H and O–H groups in total. The van der Waals surface area contributed by atoms with Gasteiger partial charge in [-0.1, -0.05) is 13.8 Å². The molecule has 0 saturated carbocycles. The Bertz CT molecular complexity index is 516. The Morgan fingerprint density at radius 1 is 1.24 bits per heavy atom. The van der Waals surface area contributed by atoms with E-state index in [1.54, 1.807) is 30.9 Å². The number of anilines is 1. The van der Waals surface area contributed by atoms with E-state index in [-0.39, 0.29) is 0 Å². The molecule has 0 fully saturated rings. The van der Waals surface area contributed by atoms with Crippen molar-refractivity contribution in [3.05, 3.63) is 24.3 Å². The van der Waals surface area contributed by atoms with Crippen LogP contribution in [0.5, 0.6) is 0 Å². The third-order valence-electron chi connectivity index (χ3n) is 2.95. The lowest BCUT2D eigenvalue weighted by molar-refractivity contribution is 0.451. The van der Waals surface area contributed by atoms with Crippen molar-refractivity contribution in [2.24, 2.45) is 0 Å². The van der Waals surface area contributed by atoms with Crippen molar-refractivity contribution in [2.75, 3.05) is 31.1 Å². The molecular formula is C14H25N3O2S2. The average Bonchev–Trinajstić information content (AvgIpc) is 2.43. The summed E-state index contributed by atoms with van der Waals surface area (Å²) in [5.41, 5.74) is 0.583. The summed E-state index contributed by atoms with van der Waals surface area (Å²) in [4.78, 5) is 1.10. The summed E-state index contributed by atoms with van der Waals surface area (Å²) < 4.78 is 28.3. The molecule has 0 aliphatic rings. The topological polar surface area (TPSA) is 61.4 Å². The fraction of sp³-hybridized carbons (Fsp3) is 0.571. The highest BCUT2D eigenvalue weighted by Gasteiger charge is 2.16. The Morgan fingerprint density at radius 3 is 2.38 bits per heavy atom. The molecule has 0 bridgehead atoms. The van der Waals surface area contributed by atoms with E-state index in [0.717, 1.165) is 17.9 Å². The van der Waals surface area contributed by atoms with E-state index in [2.05, 4.69) is 23.9 Å². The fourth-order valence-electron chi connectivity index (χ4n) is 1.70. The lowest BCUT2D eigenvalue weighted by atomic mass is 10.3. The van der Waals surface area contributed by atoms with Gasteiger partial charge in [0.15, 0.2) is 0 Å². The predicted molar refractivity (Wildman–Crippen MR) is 91.2 cm³/mol. The van der Waals surface area contributed by atoms with Crippen LogP contribution >= 0.6 is 11.8 Å². The van der Waals surface area contributed by atoms with Crippen LogP contribution < -0.4 is 10.0 Å². The Balaban J connectivity index is 2.50. The largest absolute Gasteiger partial charge is 0.314 e. The van der Waals surface area contributed by atoms with Crippen LogP contribution in [-0.2, 0) is 10.2 Å². The van der Waals surface area contributed by atoms with Crippen LogP contribution in [0.1, 0.15) is 20.3 Å². The Labute approximate surface area is 132 Å². The molecule has 1 rings (SSSR count). The Morgan fingerprint density at radius 2 is 1.86 bits per heavy atom. The first-order valence-electron chi connectivity index (χ1n) is 6.96. The number of thioether (sulfide) groups is 1. The molecule has 120 valence electrons. The first kappa shape index (κ1) is 18.3. The maximum Gasteiger partial charge on any atom is 0.301 e. The molecule has 1 aromatic rings. The summed E-state index contributed by atoms with van der Waals surface area (Å²) in [5.74, 6) is 0. The molecule has 0 aromatic heterocycles. The third kappa shape index (κ3) is 6.69. The molecule has 1 aromatic carbocycles. The molecule has 0 spiro atoms. The van der Waals surface area contributed by atoms with Gasteiger partial charge < -0.3 is 5.32 Å². The summed E-state index contributed by atoms with van der Waals surface area (Å²) in [5, 5.41) is 3.27. The van der Waals surface area contributed by atoms with Crippen molar-refractivity contribution in [3.8, 4) is 0 Å². The first-order chi connectivity index (χ1) is 9.85. The molecular weight excluding hydrogens is 306 g/mol. The maximum absolute atomic E-state index is 12.2. The predicted octanol–water partition coefficient (Wildman–Crippen LogP) is 2.39. The molecule has 0 saturated heterocycles. The van der Waals surface area contributed by atoms with Crippen molar-refractivity contribution in [1.29, 1.82) is 0 Å². The highest BCUT2D eigenvalue weighted by molar-refractivity contribution is 7.98. The lowest BCUT2D eigenvalue weighted by Crippen LogP contribution is -2.35. The minimum atomic E-state index is -3.48. The zero-order chi connectivity index (χ0) is 15.9. The monoisotopic (exact) mass is 331 g/mol. The SMILES string of the molecule is CSc1ccc(NS(=O)(=O)N(C)CCCNC(C)C)cc1. The van der Waals surface area contributed by atoms with Gasteiger partial charge in [0.25, 0.3) is 0 Å². The molecule has 7 heteroatoms. The quantitative estimate of drug-likeness (QED) is 0.539. The van der Waals surface area contributed by atoms with Crippen molar-refractivity contribution in [2.45, 2.75) is 31.2 Å². The number of hydrogen-bond donors (Lipinski definition) is 2. The molecule has 0 aliphatic carbocycles. The number of nitrogens with one attached hydrogen (secondary N) is 2. The standard InChI is InChI=1S/C14H25N3O2S2/c1-12(2)15-10-5-11-17(3)21(18,19)16-13-6-8-14(20-4)9-7-13/h6-9,12,15-16H,5,10-11H2,1-4H3. The van der Waals surface area contributed by atoms with Crippen LogP contribution in [0.25, 0.3) is 0 Å². The third-order valence-corrected chi connectivity index (χ3v) is 5.19. The van der Waals surface area contributed by atoms with Gasteiger partial charge in [0, 0.05) is 30.2 Å². The van der Waals surface area contributed by atoms with Crippen LogP contribution in [0.3, 0.4) is 0 Å². The lowest BCUT2D eigenvalue weighted by Gasteiger charge is -2.19. The number of hydrogen-bond acceptors (Lipinski definition) is 4. The van der Waals surface area contributed by atoms with Gasteiger partial charge in [-0.2, -0.15) is 12.7 Å². The summed E-state index contributed by atoms with van der Waals surface area (Å²) in [6.45, 7) is 5.43. The van der Waals surface area contributed by atoms with Crippen LogP contribution in [0.2, 0.25) is 0 Å². The highest BCUT2D eigenvalue weighted by Crippen LogP contribution is 2.18. The van der Waals surface area contributed by atoms with Crippen molar-refractivity contribution >= 4 is 27.7 Å². The van der Waals surface area contributed by atoms with Crippen molar-refractivity contribution in [3.63, 3.8) is 0 Å². The second-order valence-electron chi connectivity index (χ2n) is 5.12. The van der Waals surface area contributed by atoms with Gasteiger partial charge in [0.2, 0.25) is 0 Å². The zero-order valence-corrected chi connectivity index (χ0v) is 14.7. The van der Waals surface area contributed by atoms with Gasteiger partial charge in [-0.05, 0) is 43.5 Å². The molecule has 0 aliphatic heterocycles. The summed E-state index contributed by atoms with van der Waals surface area (Å²) >= 11 is 1.62. The second-order valence-corrected chi connectivity index (χ2v) is 7.78. The van der Waals surface area contributed by atoms with Crippen LogP contribution in [-0.4, -0.2) is 45.2 Å². The van der Waals surface area contributed by atoms with E-state index in [0.29, 0.717) is 18.3 Å². The second kappa shape index (κ2) is 8.63. The molecule has 0 heterocycles. The van der Waals surface area contributed by atoms with Gasteiger partial charge in [-0.15, -0.1) is 11.8 Å². The average molecular weight is 332 g/mol. The van der Waals surface area contributed by atoms with Gasteiger partial charge in [-0.3, -0.25) is 4.72 Å².